The summed E-state index contributed by atoms with van der Waals surface area (Å²) in [5, 5.41) is 9.16. The number of aromatic nitrogens is 2. The van der Waals surface area contributed by atoms with E-state index in [2.05, 4.69) is 14.8 Å². The van der Waals surface area contributed by atoms with Gasteiger partial charge in [-0.15, -0.1) is 11.6 Å². The van der Waals surface area contributed by atoms with Crippen LogP contribution in [0, 0.1) is 16.7 Å². The highest BCUT2D eigenvalue weighted by Gasteiger charge is 2.25. The number of carbonyl (C=O) groups excluding carboxylic acids is 1. The third-order valence-electron chi connectivity index (χ3n) is 3.09. The van der Waals surface area contributed by atoms with E-state index < -0.39 is 5.41 Å². The second-order valence-corrected chi connectivity index (χ2v) is 6.22. The third kappa shape index (κ3) is 3.69. The second kappa shape index (κ2) is 6.37. The van der Waals surface area contributed by atoms with Gasteiger partial charge < -0.3 is 4.90 Å². The van der Waals surface area contributed by atoms with Crippen LogP contribution in [0.2, 0.25) is 0 Å². The summed E-state index contributed by atoms with van der Waals surface area (Å²) < 4.78 is 8.46. The predicted octanol–water partition coefficient (Wildman–Crippen LogP) is 2.81. The maximum Gasteiger partial charge on any atom is 0.237 e. The summed E-state index contributed by atoms with van der Waals surface area (Å²) in [6, 6.07) is 7.89. The monoisotopic (exact) mass is 322 g/mol. The second-order valence-electron chi connectivity index (χ2n) is 5.43. The number of nitriles is 1. The molecular weight excluding hydrogens is 308 g/mol. The lowest BCUT2D eigenvalue weighted by atomic mass is 9.95. The Bertz CT molecular complexity index is 692. The number of fused-ring (bicyclic) bond motifs is 1. The van der Waals surface area contributed by atoms with Crippen LogP contribution < -0.4 is 0 Å². The lowest BCUT2D eigenvalue weighted by molar-refractivity contribution is -0.130. The van der Waals surface area contributed by atoms with Gasteiger partial charge in [0.1, 0.15) is 16.9 Å². The minimum Gasteiger partial charge on any atom is -0.336 e. The van der Waals surface area contributed by atoms with Crippen molar-refractivity contribution >= 4 is 40.3 Å². The first-order valence-electron chi connectivity index (χ1n) is 6.42. The van der Waals surface area contributed by atoms with Gasteiger partial charge in [-0.1, -0.05) is 12.1 Å². The molecule has 0 unspecified atom stereocenters. The normalized spacial score (nSPS) is 11.3. The van der Waals surface area contributed by atoms with Crippen molar-refractivity contribution in [3.05, 3.63) is 23.8 Å². The average Bonchev–Trinajstić information content (AvgIpc) is 2.95. The van der Waals surface area contributed by atoms with E-state index in [0.717, 1.165) is 28.3 Å². The summed E-state index contributed by atoms with van der Waals surface area (Å²) in [5.74, 6) is -0.299. The predicted molar refractivity (Wildman–Crippen MR) is 82.9 cm³/mol. The van der Waals surface area contributed by atoms with Crippen LogP contribution >= 0.6 is 23.3 Å². The first kappa shape index (κ1) is 15.7. The van der Waals surface area contributed by atoms with Crippen LogP contribution in [0.1, 0.15) is 19.4 Å². The van der Waals surface area contributed by atoms with Crippen LogP contribution in [0.4, 0.5) is 0 Å². The summed E-state index contributed by atoms with van der Waals surface area (Å²) in [4.78, 5) is 13.6. The van der Waals surface area contributed by atoms with Gasteiger partial charge >= 0.3 is 0 Å². The zero-order valence-corrected chi connectivity index (χ0v) is 13.4. The van der Waals surface area contributed by atoms with Crippen LogP contribution in [0.15, 0.2) is 18.2 Å². The summed E-state index contributed by atoms with van der Waals surface area (Å²) >= 11 is 6.83. The van der Waals surface area contributed by atoms with Crippen LogP contribution in [0.5, 0.6) is 0 Å². The molecule has 0 radical (unpaired) electrons. The molecule has 0 saturated heterocycles. The fraction of sp³-hybridized carbons (Fsp3) is 0.429. The van der Waals surface area contributed by atoms with Crippen LogP contribution in [0.25, 0.3) is 11.0 Å². The molecule has 110 valence electrons. The smallest absolute Gasteiger partial charge is 0.237 e. The molecule has 1 aromatic carbocycles. The van der Waals surface area contributed by atoms with Crippen molar-refractivity contribution in [2.45, 2.75) is 20.4 Å². The summed E-state index contributed by atoms with van der Waals surface area (Å²) in [6.45, 7) is 4.29. The van der Waals surface area contributed by atoms with E-state index in [1.807, 2.05) is 18.2 Å². The van der Waals surface area contributed by atoms with Gasteiger partial charge in [0.2, 0.25) is 5.91 Å². The Morgan fingerprint density at radius 3 is 2.90 bits per heavy atom. The molecule has 0 N–H and O–H groups in total. The van der Waals surface area contributed by atoms with E-state index >= 15 is 0 Å². The zero-order chi connectivity index (χ0) is 15.5. The largest absolute Gasteiger partial charge is 0.336 e. The number of benzene rings is 1. The van der Waals surface area contributed by atoms with Crippen LogP contribution in [-0.4, -0.2) is 32.0 Å². The molecule has 1 aromatic heterocycles. The Morgan fingerprint density at radius 1 is 1.48 bits per heavy atom. The molecule has 0 saturated carbocycles. The molecular formula is C14H15ClN4OS. The standard InChI is InChI=1S/C14H15ClN4OS/c1-14(2,8-16)9-19(12(20)6-15)7-10-4-3-5-11-13(10)18-21-17-11/h3-5H,6-7,9H2,1-2H3. The van der Waals surface area contributed by atoms with Crippen LogP contribution in [-0.2, 0) is 11.3 Å². The third-order valence-corrected chi connectivity index (χ3v) is 3.86. The average molecular weight is 323 g/mol. The van der Waals surface area contributed by atoms with Gasteiger partial charge in [0.15, 0.2) is 0 Å². The maximum absolute atomic E-state index is 12.0. The number of nitrogens with zero attached hydrogens (tertiary/aromatic N) is 4. The van der Waals surface area contributed by atoms with E-state index in [4.69, 9.17) is 16.9 Å². The highest BCUT2D eigenvalue weighted by atomic mass is 35.5. The van der Waals surface area contributed by atoms with Gasteiger partial charge in [-0.2, -0.15) is 14.0 Å². The van der Waals surface area contributed by atoms with E-state index in [1.54, 1.807) is 18.7 Å². The van der Waals surface area contributed by atoms with E-state index in [1.165, 1.54) is 0 Å². The molecule has 2 rings (SSSR count). The van der Waals surface area contributed by atoms with Gasteiger partial charge in [-0.05, 0) is 19.9 Å². The van der Waals surface area contributed by atoms with Crippen molar-refractivity contribution in [1.82, 2.24) is 13.6 Å². The quantitative estimate of drug-likeness (QED) is 0.794. The lowest BCUT2D eigenvalue weighted by Gasteiger charge is -2.28. The first-order valence-corrected chi connectivity index (χ1v) is 7.68. The van der Waals surface area contributed by atoms with Crippen molar-refractivity contribution in [2.75, 3.05) is 12.4 Å². The summed E-state index contributed by atoms with van der Waals surface area (Å²) in [5.41, 5.74) is 1.89. The maximum atomic E-state index is 12.0. The first-order chi connectivity index (χ1) is 9.96. The van der Waals surface area contributed by atoms with Gasteiger partial charge in [0.25, 0.3) is 0 Å². The highest BCUT2D eigenvalue weighted by Crippen LogP contribution is 2.21. The Kier molecular flexibility index (Phi) is 4.76. The molecule has 0 aliphatic heterocycles. The number of alkyl halides is 1. The molecule has 1 heterocycles. The fourth-order valence-electron chi connectivity index (χ4n) is 2.02. The number of carbonyl (C=O) groups is 1. The Hall–Kier alpha value is -1.71. The summed E-state index contributed by atoms with van der Waals surface area (Å²) in [6.07, 6.45) is 0. The van der Waals surface area contributed by atoms with Crippen molar-refractivity contribution in [1.29, 1.82) is 5.26 Å². The number of hydrogen-bond acceptors (Lipinski definition) is 5. The number of rotatable bonds is 5. The summed E-state index contributed by atoms with van der Waals surface area (Å²) in [7, 11) is 0. The Morgan fingerprint density at radius 2 is 2.24 bits per heavy atom. The van der Waals surface area contributed by atoms with Gasteiger partial charge in [-0.3, -0.25) is 4.79 Å². The number of halogens is 1. The number of hydrogen-bond donors (Lipinski definition) is 0. The molecule has 21 heavy (non-hydrogen) atoms. The van der Waals surface area contributed by atoms with E-state index in [0.29, 0.717) is 13.1 Å². The highest BCUT2D eigenvalue weighted by molar-refractivity contribution is 7.00. The molecule has 1 amide bonds. The van der Waals surface area contributed by atoms with E-state index in [9.17, 15) is 4.79 Å². The SMILES string of the molecule is CC(C)(C#N)CN(Cc1cccc2nsnc12)C(=O)CCl. The molecule has 7 heteroatoms. The molecule has 2 aromatic rings. The van der Waals surface area contributed by atoms with Gasteiger partial charge in [0.05, 0.1) is 23.2 Å². The Labute approximate surface area is 132 Å². The fourth-order valence-corrected chi connectivity index (χ4v) is 2.76. The molecule has 5 nitrogen and oxygen atoms in total. The van der Waals surface area contributed by atoms with Crippen molar-refractivity contribution < 1.29 is 4.79 Å². The molecule has 0 fully saturated rings. The minimum atomic E-state index is -0.629. The van der Waals surface area contributed by atoms with Crippen molar-refractivity contribution in [3.8, 4) is 6.07 Å². The molecule has 0 aliphatic carbocycles. The lowest BCUT2D eigenvalue weighted by Crippen LogP contribution is -2.38. The number of amides is 1. The van der Waals surface area contributed by atoms with Crippen LogP contribution in [0.3, 0.4) is 0 Å². The van der Waals surface area contributed by atoms with Crippen molar-refractivity contribution in [3.63, 3.8) is 0 Å². The molecule has 0 bridgehead atoms. The topological polar surface area (TPSA) is 69.9 Å². The zero-order valence-electron chi connectivity index (χ0n) is 11.8. The van der Waals surface area contributed by atoms with Gasteiger partial charge in [-0.25, -0.2) is 0 Å². The van der Waals surface area contributed by atoms with Crippen molar-refractivity contribution in [2.24, 2.45) is 5.41 Å². The molecule has 0 aliphatic rings. The van der Waals surface area contributed by atoms with E-state index in [-0.39, 0.29) is 11.8 Å². The minimum absolute atomic E-state index is 0.104. The molecule has 0 atom stereocenters. The van der Waals surface area contributed by atoms with Gasteiger partial charge in [0, 0.05) is 18.7 Å². The molecule has 0 spiro atoms. The Balaban J connectivity index is 2.29.